The zero-order chi connectivity index (χ0) is 16.1. The molecule has 1 aromatic carbocycles. The number of carboxylic acid groups (broad SMARTS) is 1. The quantitative estimate of drug-likeness (QED) is 0.902. The van der Waals surface area contributed by atoms with Crippen molar-refractivity contribution < 1.29 is 24.2 Å². The number of amides is 1. The van der Waals surface area contributed by atoms with Crippen LogP contribution in [0.2, 0.25) is 0 Å². The van der Waals surface area contributed by atoms with Crippen LogP contribution in [0.25, 0.3) is 0 Å². The van der Waals surface area contributed by atoms with Crippen molar-refractivity contribution in [3.8, 4) is 0 Å². The van der Waals surface area contributed by atoms with E-state index in [1.807, 2.05) is 44.2 Å². The van der Waals surface area contributed by atoms with Crippen LogP contribution in [0.5, 0.6) is 0 Å². The van der Waals surface area contributed by atoms with Gasteiger partial charge < -0.3 is 19.5 Å². The van der Waals surface area contributed by atoms with E-state index in [1.54, 1.807) is 0 Å². The average Bonchev–Trinajstić information content (AvgIpc) is 2.89. The summed E-state index contributed by atoms with van der Waals surface area (Å²) in [5, 5.41) is 9.25. The second-order valence-electron chi connectivity index (χ2n) is 5.61. The van der Waals surface area contributed by atoms with Gasteiger partial charge in [-0.3, -0.25) is 4.79 Å². The Morgan fingerprint density at radius 3 is 2.55 bits per heavy atom. The van der Waals surface area contributed by atoms with Crippen molar-refractivity contribution in [2.24, 2.45) is 5.92 Å². The first-order valence-electron chi connectivity index (χ1n) is 7.31. The molecule has 2 rings (SSSR count). The van der Waals surface area contributed by atoms with Gasteiger partial charge in [0.1, 0.15) is 12.5 Å². The number of hydrogen-bond acceptors (Lipinski definition) is 4. The Balaban J connectivity index is 1.91. The standard InChI is InChI=1S/C16H21NO5/c1-11(2)22-14-9-17(8-13(14)15(18)19)16(20)21-10-12-6-4-3-5-7-12/h3-7,11,13-14H,8-10H2,1-2H3,(H,18,19). The summed E-state index contributed by atoms with van der Waals surface area (Å²) in [6.07, 6.45) is -1.10. The SMILES string of the molecule is CC(C)OC1CN(C(=O)OCc2ccccc2)CC1C(=O)O. The van der Waals surface area contributed by atoms with E-state index in [1.165, 1.54) is 4.90 Å². The molecule has 2 atom stereocenters. The number of aliphatic carboxylic acids is 1. The maximum absolute atomic E-state index is 12.1. The van der Waals surface area contributed by atoms with Crippen LogP contribution in [0, 0.1) is 5.92 Å². The Bertz CT molecular complexity index is 517. The second kappa shape index (κ2) is 7.26. The first-order chi connectivity index (χ1) is 10.5. The third-order valence-electron chi connectivity index (χ3n) is 3.49. The number of carbonyl (C=O) groups excluding carboxylic acids is 1. The van der Waals surface area contributed by atoms with Crippen LogP contribution in [0.15, 0.2) is 30.3 Å². The smallest absolute Gasteiger partial charge is 0.410 e. The van der Waals surface area contributed by atoms with E-state index >= 15 is 0 Å². The van der Waals surface area contributed by atoms with Crippen molar-refractivity contribution in [1.82, 2.24) is 4.90 Å². The third-order valence-corrected chi connectivity index (χ3v) is 3.49. The molecule has 0 aromatic heterocycles. The van der Waals surface area contributed by atoms with Crippen molar-refractivity contribution in [3.63, 3.8) is 0 Å². The number of likely N-dealkylation sites (tertiary alicyclic amines) is 1. The molecule has 1 aromatic rings. The lowest BCUT2D eigenvalue weighted by molar-refractivity contribution is -0.146. The van der Waals surface area contributed by atoms with Crippen LogP contribution in [0.3, 0.4) is 0 Å². The van der Waals surface area contributed by atoms with Crippen molar-refractivity contribution in [1.29, 1.82) is 0 Å². The Hall–Kier alpha value is -2.08. The number of hydrogen-bond donors (Lipinski definition) is 1. The summed E-state index contributed by atoms with van der Waals surface area (Å²) in [4.78, 5) is 24.8. The fourth-order valence-corrected chi connectivity index (χ4v) is 2.46. The first kappa shape index (κ1) is 16.3. The molecule has 0 aliphatic carbocycles. The van der Waals surface area contributed by atoms with E-state index in [-0.39, 0.29) is 25.8 Å². The van der Waals surface area contributed by atoms with Gasteiger partial charge in [-0.25, -0.2) is 4.79 Å². The van der Waals surface area contributed by atoms with Crippen LogP contribution in [0.1, 0.15) is 19.4 Å². The minimum absolute atomic E-state index is 0.0906. The van der Waals surface area contributed by atoms with Gasteiger partial charge in [0.15, 0.2) is 0 Å². The molecule has 2 unspecified atom stereocenters. The van der Waals surface area contributed by atoms with Gasteiger partial charge in [-0.2, -0.15) is 0 Å². The highest BCUT2D eigenvalue weighted by atomic mass is 16.6. The molecule has 0 saturated carbocycles. The number of benzene rings is 1. The highest BCUT2D eigenvalue weighted by Crippen LogP contribution is 2.22. The van der Waals surface area contributed by atoms with Gasteiger partial charge in [-0.1, -0.05) is 30.3 Å². The van der Waals surface area contributed by atoms with Gasteiger partial charge in [-0.15, -0.1) is 0 Å². The summed E-state index contributed by atoms with van der Waals surface area (Å²) in [6, 6.07) is 9.35. The van der Waals surface area contributed by atoms with Gasteiger partial charge in [0, 0.05) is 6.54 Å². The number of rotatable bonds is 5. The number of carboxylic acids is 1. The molecule has 1 heterocycles. The summed E-state index contributed by atoms with van der Waals surface area (Å²) >= 11 is 0. The summed E-state index contributed by atoms with van der Waals surface area (Å²) in [7, 11) is 0. The van der Waals surface area contributed by atoms with Crippen molar-refractivity contribution in [3.05, 3.63) is 35.9 Å². The van der Waals surface area contributed by atoms with Gasteiger partial charge in [0.25, 0.3) is 0 Å². The molecular formula is C16H21NO5. The lowest BCUT2D eigenvalue weighted by Gasteiger charge is -2.18. The first-order valence-corrected chi connectivity index (χ1v) is 7.31. The van der Waals surface area contributed by atoms with Crippen LogP contribution in [-0.2, 0) is 20.9 Å². The molecular weight excluding hydrogens is 286 g/mol. The Morgan fingerprint density at radius 1 is 1.27 bits per heavy atom. The van der Waals surface area contributed by atoms with Gasteiger partial charge in [0.05, 0.1) is 18.8 Å². The molecule has 1 amide bonds. The molecule has 22 heavy (non-hydrogen) atoms. The van der Waals surface area contributed by atoms with Crippen LogP contribution in [0.4, 0.5) is 4.79 Å². The van der Waals surface area contributed by atoms with Crippen molar-refractivity contribution >= 4 is 12.1 Å². The molecule has 0 radical (unpaired) electrons. The minimum atomic E-state index is -0.955. The van der Waals surface area contributed by atoms with Gasteiger partial charge in [-0.05, 0) is 19.4 Å². The second-order valence-corrected chi connectivity index (χ2v) is 5.61. The van der Waals surface area contributed by atoms with Crippen LogP contribution < -0.4 is 0 Å². The molecule has 1 aliphatic rings. The van der Waals surface area contributed by atoms with E-state index in [2.05, 4.69) is 0 Å². The largest absolute Gasteiger partial charge is 0.481 e. The molecule has 120 valence electrons. The van der Waals surface area contributed by atoms with Crippen LogP contribution >= 0.6 is 0 Å². The number of ether oxygens (including phenoxy) is 2. The number of carbonyl (C=O) groups is 2. The molecule has 6 nitrogen and oxygen atoms in total. The summed E-state index contributed by atoms with van der Waals surface area (Å²) in [5.74, 6) is -1.67. The Morgan fingerprint density at radius 2 is 1.95 bits per heavy atom. The van der Waals surface area contributed by atoms with Crippen LogP contribution in [-0.4, -0.2) is 47.4 Å². The molecule has 0 spiro atoms. The maximum Gasteiger partial charge on any atom is 0.410 e. The molecule has 6 heteroatoms. The predicted molar refractivity (Wildman–Crippen MR) is 79.3 cm³/mol. The number of nitrogens with zero attached hydrogens (tertiary/aromatic N) is 1. The molecule has 1 fully saturated rings. The monoisotopic (exact) mass is 307 g/mol. The van der Waals surface area contributed by atoms with Crippen molar-refractivity contribution in [2.75, 3.05) is 13.1 Å². The fraction of sp³-hybridized carbons (Fsp3) is 0.500. The average molecular weight is 307 g/mol. The summed E-state index contributed by atoms with van der Waals surface area (Å²) in [6.45, 7) is 4.21. The predicted octanol–water partition coefficient (Wildman–Crippen LogP) is 2.13. The maximum atomic E-state index is 12.1. The summed E-state index contributed by atoms with van der Waals surface area (Å²) in [5.41, 5.74) is 0.889. The molecule has 1 N–H and O–H groups in total. The van der Waals surface area contributed by atoms with E-state index in [4.69, 9.17) is 9.47 Å². The third kappa shape index (κ3) is 4.21. The Kier molecular flexibility index (Phi) is 5.38. The van der Waals surface area contributed by atoms with Gasteiger partial charge in [0.2, 0.25) is 0 Å². The molecule has 1 saturated heterocycles. The Labute approximate surface area is 129 Å². The molecule has 0 bridgehead atoms. The van der Waals surface area contributed by atoms with Gasteiger partial charge >= 0.3 is 12.1 Å². The fourth-order valence-electron chi connectivity index (χ4n) is 2.46. The highest BCUT2D eigenvalue weighted by Gasteiger charge is 2.41. The van der Waals surface area contributed by atoms with E-state index in [0.717, 1.165) is 5.56 Å². The summed E-state index contributed by atoms with van der Waals surface area (Å²) < 4.78 is 10.8. The lowest BCUT2D eigenvalue weighted by Crippen LogP contribution is -2.31. The topological polar surface area (TPSA) is 76.1 Å². The minimum Gasteiger partial charge on any atom is -0.481 e. The highest BCUT2D eigenvalue weighted by molar-refractivity contribution is 5.75. The van der Waals surface area contributed by atoms with Crippen molar-refractivity contribution in [2.45, 2.75) is 32.7 Å². The molecule has 1 aliphatic heterocycles. The van der Waals surface area contributed by atoms with E-state index in [9.17, 15) is 14.7 Å². The van der Waals surface area contributed by atoms with E-state index in [0.29, 0.717) is 0 Å². The lowest BCUT2D eigenvalue weighted by atomic mass is 10.1. The normalized spacial score (nSPS) is 21.1. The zero-order valence-electron chi connectivity index (χ0n) is 12.8. The van der Waals surface area contributed by atoms with E-state index < -0.39 is 24.1 Å². The zero-order valence-corrected chi connectivity index (χ0v) is 12.8.